The SMILES string of the molecule is CC(C)C(NC(=O)Nc1ccnn1C(C)(C)C)c1cnn(C)c1. The molecule has 0 aromatic carbocycles. The number of carbonyl (C=O) groups excluding carboxylic acids is 1. The van der Waals surface area contributed by atoms with E-state index in [0.29, 0.717) is 5.82 Å². The summed E-state index contributed by atoms with van der Waals surface area (Å²) in [5.41, 5.74) is 0.786. The van der Waals surface area contributed by atoms with Crippen LogP contribution < -0.4 is 10.6 Å². The molecule has 0 saturated heterocycles. The maximum atomic E-state index is 12.4. The number of hydrogen-bond acceptors (Lipinski definition) is 3. The number of urea groups is 1. The molecule has 126 valence electrons. The molecule has 0 aliphatic rings. The third-order valence-electron chi connectivity index (χ3n) is 3.56. The molecular weight excluding hydrogens is 292 g/mol. The topological polar surface area (TPSA) is 76.8 Å². The monoisotopic (exact) mass is 318 g/mol. The lowest BCUT2D eigenvalue weighted by Gasteiger charge is -2.24. The van der Waals surface area contributed by atoms with Gasteiger partial charge in [0.25, 0.3) is 0 Å². The van der Waals surface area contributed by atoms with Crippen LogP contribution in [-0.2, 0) is 12.6 Å². The molecule has 1 atom stereocenters. The summed E-state index contributed by atoms with van der Waals surface area (Å²) < 4.78 is 3.53. The van der Waals surface area contributed by atoms with Crippen molar-refractivity contribution in [3.8, 4) is 0 Å². The van der Waals surface area contributed by atoms with Gasteiger partial charge in [-0.1, -0.05) is 13.8 Å². The quantitative estimate of drug-likeness (QED) is 0.910. The van der Waals surface area contributed by atoms with Crippen LogP contribution in [0, 0.1) is 5.92 Å². The number of nitrogens with one attached hydrogen (secondary N) is 2. The highest BCUT2D eigenvalue weighted by Crippen LogP contribution is 2.22. The van der Waals surface area contributed by atoms with E-state index in [4.69, 9.17) is 0 Å². The molecule has 0 bridgehead atoms. The Labute approximate surface area is 137 Å². The maximum absolute atomic E-state index is 12.4. The summed E-state index contributed by atoms with van der Waals surface area (Å²) in [5, 5.41) is 14.4. The van der Waals surface area contributed by atoms with E-state index in [9.17, 15) is 4.79 Å². The Morgan fingerprint density at radius 2 is 1.96 bits per heavy atom. The molecule has 2 heterocycles. The molecule has 0 aliphatic carbocycles. The molecule has 0 radical (unpaired) electrons. The van der Waals surface area contributed by atoms with Crippen LogP contribution in [-0.4, -0.2) is 25.6 Å². The minimum absolute atomic E-state index is 0.102. The predicted octanol–water partition coefficient (Wildman–Crippen LogP) is 2.89. The molecular formula is C16H26N6O. The molecule has 0 fully saturated rings. The van der Waals surface area contributed by atoms with Crippen LogP contribution in [0.1, 0.15) is 46.2 Å². The molecule has 1 unspecified atom stereocenters. The Bertz CT molecular complexity index is 664. The van der Waals surface area contributed by atoms with E-state index in [1.165, 1.54) is 0 Å². The Morgan fingerprint density at radius 3 is 2.48 bits per heavy atom. The summed E-state index contributed by atoms with van der Waals surface area (Å²) in [6, 6.07) is 1.44. The van der Waals surface area contributed by atoms with Crippen molar-refractivity contribution < 1.29 is 4.79 Å². The zero-order chi connectivity index (χ0) is 17.2. The molecule has 23 heavy (non-hydrogen) atoms. The van der Waals surface area contributed by atoms with Crippen molar-refractivity contribution in [2.75, 3.05) is 5.32 Å². The largest absolute Gasteiger partial charge is 0.331 e. The number of carbonyl (C=O) groups is 1. The van der Waals surface area contributed by atoms with E-state index in [1.54, 1.807) is 27.8 Å². The average Bonchev–Trinajstić information content (AvgIpc) is 3.04. The van der Waals surface area contributed by atoms with E-state index < -0.39 is 0 Å². The number of amides is 2. The summed E-state index contributed by atoms with van der Waals surface area (Å²) in [6.45, 7) is 10.2. The molecule has 7 nitrogen and oxygen atoms in total. The van der Waals surface area contributed by atoms with Crippen molar-refractivity contribution in [1.29, 1.82) is 0 Å². The van der Waals surface area contributed by atoms with Gasteiger partial charge in [0.15, 0.2) is 0 Å². The van der Waals surface area contributed by atoms with E-state index in [0.717, 1.165) is 5.56 Å². The van der Waals surface area contributed by atoms with Crippen LogP contribution in [0.4, 0.5) is 10.6 Å². The van der Waals surface area contributed by atoms with Gasteiger partial charge in [0.2, 0.25) is 0 Å². The molecule has 0 saturated carbocycles. The molecule has 2 rings (SSSR count). The molecule has 0 spiro atoms. The first-order valence-electron chi connectivity index (χ1n) is 7.79. The van der Waals surface area contributed by atoms with Crippen LogP contribution in [0.5, 0.6) is 0 Å². The zero-order valence-electron chi connectivity index (χ0n) is 14.7. The summed E-state index contributed by atoms with van der Waals surface area (Å²) >= 11 is 0. The highest BCUT2D eigenvalue weighted by Gasteiger charge is 2.22. The van der Waals surface area contributed by atoms with Gasteiger partial charge in [-0.2, -0.15) is 10.2 Å². The van der Waals surface area contributed by atoms with E-state index in [-0.39, 0.29) is 23.5 Å². The maximum Gasteiger partial charge on any atom is 0.320 e. The van der Waals surface area contributed by atoms with Gasteiger partial charge in [-0.25, -0.2) is 9.48 Å². The third kappa shape index (κ3) is 4.12. The number of anilines is 1. The highest BCUT2D eigenvalue weighted by atomic mass is 16.2. The first-order chi connectivity index (χ1) is 10.7. The Morgan fingerprint density at radius 1 is 1.26 bits per heavy atom. The van der Waals surface area contributed by atoms with Crippen molar-refractivity contribution >= 4 is 11.8 Å². The van der Waals surface area contributed by atoms with Crippen LogP contribution in [0.2, 0.25) is 0 Å². The molecule has 2 amide bonds. The molecule has 2 aromatic heterocycles. The minimum atomic E-state index is -0.251. The van der Waals surface area contributed by atoms with Crippen LogP contribution in [0.25, 0.3) is 0 Å². The number of hydrogen-bond donors (Lipinski definition) is 2. The van der Waals surface area contributed by atoms with Crippen molar-refractivity contribution in [2.24, 2.45) is 13.0 Å². The zero-order valence-corrected chi connectivity index (χ0v) is 14.7. The van der Waals surface area contributed by atoms with Crippen molar-refractivity contribution in [1.82, 2.24) is 24.9 Å². The summed E-state index contributed by atoms with van der Waals surface area (Å²) in [4.78, 5) is 12.4. The average molecular weight is 318 g/mol. The highest BCUT2D eigenvalue weighted by molar-refractivity contribution is 5.88. The predicted molar refractivity (Wildman–Crippen MR) is 90.2 cm³/mol. The number of aromatic nitrogens is 4. The van der Waals surface area contributed by atoms with Gasteiger partial charge in [0, 0.05) is 24.9 Å². The minimum Gasteiger partial charge on any atom is -0.331 e. The fourth-order valence-corrected chi connectivity index (χ4v) is 2.46. The van der Waals surface area contributed by atoms with Crippen LogP contribution >= 0.6 is 0 Å². The van der Waals surface area contributed by atoms with Gasteiger partial charge in [0.1, 0.15) is 5.82 Å². The van der Waals surface area contributed by atoms with Gasteiger partial charge in [-0.15, -0.1) is 0 Å². The number of aryl methyl sites for hydroxylation is 1. The van der Waals surface area contributed by atoms with E-state index in [2.05, 4.69) is 34.7 Å². The summed E-state index contributed by atoms with van der Waals surface area (Å²) in [6.07, 6.45) is 5.39. The number of rotatable bonds is 4. The fourth-order valence-electron chi connectivity index (χ4n) is 2.46. The second-order valence-electron chi connectivity index (χ2n) is 7.07. The van der Waals surface area contributed by atoms with E-state index in [1.807, 2.05) is 34.0 Å². The lowest BCUT2D eigenvalue weighted by Crippen LogP contribution is -2.36. The third-order valence-corrected chi connectivity index (χ3v) is 3.56. The Kier molecular flexibility index (Phi) is 4.77. The van der Waals surface area contributed by atoms with Crippen molar-refractivity contribution in [3.63, 3.8) is 0 Å². The van der Waals surface area contributed by atoms with Gasteiger partial charge in [0.05, 0.1) is 24.0 Å². The fraction of sp³-hybridized carbons (Fsp3) is 0.562. The van der Waals surface area contributed by atoms with Crippen molar-refractivity contribution in [2.45, 2.75) is 46.2 Å². The molecule has 7 heteroatoms. The lowest BCUT2D eigenvalue weighted by atomic mass is 9.99. The first-order valence-corrected chi connectivity index (χ1v) is 7.79. The smallest absolute Gasteiger partial charge is 0.320 e. The molecule has 2 N–H and O–H groups in total. The van der Waals surface area contributed by atoms with Gasteiger partial charge >= 0.3 is 6.03 Å². The molecule has 2 aromatic rings. The van der Waals surface area contributed by atoms with Gasteiger partial charge in [-0.05, 0) is 26.7 Å². The Hall–Kier alpha value is -2.31. The summed E-state index contributed by atoms with van der Waals surface area (Å²) in [5.74, 6) is 0.918. The van der Waals surface area contributed by atoms with E-state index >= 15 is 0 Å². The standard InChI is InChI=1S/C16H26N6O/c1-11(2)14(12-9-18-21(6)10-12)20-15(23)19-13-7-8-17-22(13)16(3,4)5/h7-11,14H,1-6H3,(H2,19,20,23). The molecule has 0 aliphatic heterocycles. The van der Waals surface area contributed by atoms with Crippen LogP contribution in [0.3, 0.4) is 0 Å². The second-order valence-corrected chi connectivity index (χ2v) is 7.07. The Balaban J connectivity index is 2.10. The summed E-state index contributed by atoms with van der Waals surface area (Å²) in [7, 11) is 1.86. The lowest BCUT2D eigenvalue weighted by molar-refractivity contribution is 0.244. The van der Waals surface area contributed by atoms with Gasteiger partial charge < -0.3 is 5.32 Å². The normalized spacial score (nSPS) is 13.2. The second kappa shape index (κ2) is 6.44. The van der Waals surface area contributed by atoms with Crippen molar-refractivity contribution in [3.05, 3.63) is 30.2 Å². The van der Waals surface area contributed by atoms with Gasteiger partial charge in [-0.3, -0.25) is 10.00 Å². The van der Waals surface area contributed by atoms with Crippen LogP contribution in [0.15, 0.2) is 24.7 Å². The first kappa shape index (κ1) is 17.1. The number of nitrogens with zero attached hydrogens (tertiary/aromatic N) is 4.